The normalized spacial score (nSPS) is 14.5. The number of carbonyl (C=O) groups is 1. The van der Waals surface area contributed by atoms with Crippen LogP contribution in [-0.2, 0) is 24.4 Å². The van der Waals surface area contributed by atoms with Crippen molar-refractivity contribution in [3.8, 4) is 0 Å². The maximum absolute atomic E-state index is 13.5. The van der Waals surface area contributed by atoms with Crippen LogP contribution in [-0.4, -0.2) is 33.4 Å². The number of benzene rings is 1. The first-order valence-corrected chi connectivity index (χ1v) is 8.20. The molecule has 1 aliphatic heterocycles. The lowest BCUT2D eigenvalue weighted by Gasteiger charge is -2.27. The number of fused-ring (bicyclic) bond motifs is 1. The van der Waals surface area contributed by atoms with Gasteiger partial charge in [-0.05, 0) is 38.0 Å². The van der Waals surface area contributed by atoms with Gasteiger partial charge in [-0.1, -0.05) is 12.1 Å². The Bertz CT molecular complexity index is 769. The molecule has 3 rings (SSSR count). The Hall–Kier alpha value is -2.21. The monoisotopic (exact) mass is 330 g/mol. The summed E-state index contributed by atoms with van der Waals surface area (Å²) in [5.74, 6) is 0.726. The van der Waals surface area contributed by atoms with Gasteiger partial charge in [0.05, 0.1) is 18.8 Å². The fraction of sp³-hybridized carbons (Fsp3) is 0.444. The molecule has 24 heavy (non-hydrogen) atoms. The zero-order valence-electron chi connectivity index (χ0n) is 14.4. The molecule has 0 aliphatic carbocycles. The number of nitrogens with one attached hydrogen (secondary N) is 1. The zero-order chi connectivity index (χ0) is 17.3. The van der Waals surface area contributed by atoms with E-state index in [0.717, 1.165) is 30.2 Å². The van der Waals surface area contributed by atoms with Crippen molar-refractivity contribution in [2.24, 2.45) is 0 Å². The van der Waals surface area contributed by atoms with Crippen LogP contribution in [0, 0.1) is 26.6 Å². The Kier molecular flexibility index (Phi) is 4.66. The quantitative estimate of drug-likeness (QED) is 0.934. The van der Waals surface area contributed by atoms with Gasteiger partial charge in [-0.3, -0.25) is 9.69 Å². The molecule has 2 heterocycles. The summed E-state index contributed by atoms with van der Waals surface area (Å²) >= 11 is 0. The SMILES string of the molecule is Cc1ccc(CNC(=O)CN2CCn3c(nc(C)c3C)C2)cc1F. The van der Waals surface area contributed by atoms with Gasteiger partial charge in [-0.25, -0.2) is 9.37 Å². The molecule has 0 atom stereocenters. The number of aryl methyl sites for hydroxylation is 2. The predicted octanol–water partition coefficient (Wildman–Crippen LogP) is 2.08. The van der Waals surface area contributed by atoms with Gasteiger partial charge in [0.1, 0.15) is 11.6 Å². The minimum atomic E-state index is -0.240. The van der Waals surface area contributed by atoms with Gasteiger partial charge in [0.15, 0.2) is 0 Å². The van der Waals surface area contributed by atoms with Crippen LogP contribution >= 0.6 is 0 Å². The van der Waals surface area contributed by atoms with Crippen molar-refractivity contribution >= 4 is 5.91 Å². The molecule has 0 spiro atoms. The van der Waals surface area contributed by atoms with Gasteiger partial charge in [0.2, 0.25) is 5.91 Å². The van der Waals surface area contributed by atoms with Crippen molar-refractivity contribution < 1.29 is 9.18 Å². The maximum atomic E-state index is 13.5. The molecule has 1 N–H and O–H groups in total. The van der Waals surface area contributed by atoms with Gasteiger partial charge in [-0.2, -0.15) is 0 Å². The van der Waals surface area contributed by atoms with Crippen LogP contribution in [0.2, 0.25) is 0 Å². The Morgan fingerprint density at radius 2 is 2.08 bits per heavy atom. The molecule has 1 aromatic carbocycles. The minimum Gasteiger partial charge on any atom is -0.351 e. The molecule has 0 fully saturated rings. The average molecular weight is 330 g/mol. The van der Waals surface area contributed by atoms with E-state index in [1.807, 2.05) is 13.0 Å². The van der Waals surface area contributed by atoms with Crippen molar-refractivity contribution in [2.75, 3.05) is 13.1 Å². The second kappa shape index (κ2) is 6.73. The molecular weight excluding hydrogens is 307 g/mol. The summed E-state index contributed by atoms with van der Waals surface area (Å²) in [6.07, 6.45) is 0. The lowest BCUT2D eigenvalue weighted by atomic mass is 10.1. The summed E-state index contributed by atoms with van der Waals surface area (Å²) in [5.41, 5.74) is 3.64. The number of halogens is 1. The molecule has 128 valence electrons. The first-order chi connectivity index (χ1) is 11.4. The van der Waals surface area contributed by atoms with Crippen LogP contribution in [0.15, 0.2) is 18.2 Å². The van der Waals surface area contributed by atoms with Crippen molar-refractivity contribution in [3.05, 3.63) is 52.4 Å². The first-order valence-electron chi connectivity index (χ1n) is 8.20. The number of hydrogen-bond donors (Lipinski definition) is 1. The second-order valence-corrected chi connectivity index (χ2v) is 6.42. The zero-order valence-corrected chi connectivity index (χ0v) is 14.4. The molecule has 2 aromatic rings. The number of aromatic nitrogens is 2. The minimum absolute atomic E-state index is 0.0515. The lowest BCUT2D eigenvalue weighted by Crippen LogP contribution is -2.41. The molecule has 5 nitrogen and oxygen atoms in total. The van der Waals surface area contributed by atoms with E-state index in [-0.39, 0.29) is 11.7 Å². The highest BCUT2D eigenvalue weighted by molar-refractivity contribution is 5.78. The highest BCUT2D eigenvalue weighted by Gasteiger charge is 2.21. The topological polar surface area (TPSA) is 50.2 Å². The summed E-state index contributed by atoms with van der Waals surface area (Å²) in [6.45, 7) is 8.86. The number of carbonyl (C=O) groups excluding carboxylic acids is 1. The molecule has 1 aliphatic rings. The van der Waals surface area contributed by atoms with Gasteiger partial charge < -0.3 is 9.88 Å². The van der Waals surface area contributed by atoms with Gasteiger partial charge >= 0.3 is 0 Å². The smallest absolute Gasteiger partial charge is 0.234 e. The van der Waals surface area contributed by atoms with E-state index >= 15 is 0 Å². The third-order valence-corrected chi connectivity index (χ3v) is 4.63. The van der Waals surface area contributed by atoms with E-state index < -0.39 is 0 Å². The third kappa shape index (κ3) is 3.48. The van der Waals surface area contributed by atoms with Gasteiger partial charge in [-0.15, -0.1) is 0 Å². The summed E-state index contributed by atoms with van der Waals surface area (Å²) in [4.78, 5) is 18.8. The van der Waals surface area contributed by atoms with E-state index in [1.54, 1.807) is 13.0 Å². The summed E-state index contributed by atoms with van der Waals surface area (Å²) in [5, 5.41) is 2.86. The number of amides is 1. The highest BCUT2D eigenvalue weighted by atomic mass is 19.1. The first kappa shape index (κ1) is 16.6. The molecule has 0 unspecified atom stereocenters. The number of imidazole rings is 1. The molecule has 6 heteroatoms. The summed E-state index contributed by atoms with van der Waals surface area (Å²) in [6, 6.07) is 5.03. The molecule has 0 saturated heterocycles. The molecule has 1 aromatic heterocycles. The fourth-order valence-electron chi connectivity index (χ4n) is 3.00. The van der Waals surface area contributed by atoms with Crippen LogP contribution in [0.4, 0.5) is 4.39 Å². The Morgan fingerprint density at radius 3 is 2.83 bits per heavy atom. The molecule has 1 amide bonds. The van der Waals surface area contributed by atoms with Gasteiger partial charge in [0.25, 0.3) is 0 Å². The third-order valence-electron chi connectivity index (χ3n) is 4.63. The number of nitrogens with zero attached hydrogens (tertiary/aromatic N) is 3. The van der Waals surface area contributed by atoms with Crippen molar-refractivity contribution in [3.63, 3.8) is 0 Å². The number of hydrogen-bond acceptors (Lipinski definition) is 3. The van der Waals surface area contributed by atoms with Gasteiger partial charge in [0, 0.05) is 25.3 Å². The van der Waals surface area contributed by atoms with E-state index in [9.17, 15) is 9.18 Å². The van der Waals surface area contributed by atoms with E-state index in [1.165, 1.54) is 11.8 Å². The lowest BCUT2D eigenvalue weighted by molar-refractivity contribution is -0.122. The van der Waals surface area contributed by atoms with Crippen LogP contribution in [0.25, 0.3) is 0 Å². The van der Waals surface area contributed by atoms with Crippen LogP contribution in [0.3, 0.4) is 0 Å². The number of rotatable bonds is 4. The standard InChI is InChI=1S/C18H23FN4O/c1-12-4-5-15(8-16(12)19)9-20-18(24)11-22-6-7-23-14(3)13(2)21-17(23)10-22/h4-5,8H,6-7,9-11H2,1-3H3,(H,20,24). The summed E-state index contributed by atoms with van der Waals surface area (Å²) < 4.78 is 15.7. The average Bonchev–Trinajstić information content (AvgIpc) is 2.83. The molecule has 0 saturated carbocycles. The molecule has 0 bridgehead atoms. The second-order valence-electron chi connectivity index (χ2n) is 6.42. The van der Waals surface area contributed by atoms with E-state index in [2.05, 4.69) is 26.7 Å². The largest absolute Gasteiger partial charge is 0.351 e. The van der Waals surface area contributed by atoms with Crippen molar-refractivity contribution in [2.45, 2.75) is 40.4 Å². The molecule has 0 radical (unpaired) electrons. The highest BCUT2D eigenvalue weighted by Crippen LogP contribution is 2.16. The van der Waals surface area contributed by atoms with Crippen LogP contribution in [0.5, 0.6) is 0 Å². The summed E-state index contributed by atoms with van der Waals surface area (Å²) in [7, 11) is 0. The fourth-order valence-corrected chi connectivity index (χ4v) is 3.00. The Morgan fingerprint density at radius 1 is 1.29 bits per heavy atom. The van der Waals surface area contributed by atoms with E-state index in [0.29, 0.717) is 25.2 Å². The van der Waals surface area contributed by atoms with Crippen LogP contribution < -0.4 is 5.32 Å². The Labute approximate surface area is 141 Å². The van der Waals surface area contributed by atoms with E-state index in [4.69, 9.17) is 0 Å². The van der Waals surface area contributed by atoms with Crippen LogP contribution in [0.1, 0.15) is 28.3 Å². The maximum Gasteiger partial charge on any atom is 0.234 e. The van der Waals surface area contributed by atoms with Crippen molar-refractivity contribution in [1.82, 2.24) is 19.8 Å². The predicted molar refractivity (Wildman–Crippen MR) is 90.0 cm³/mol. The molecular formula is C18H23FN4O. The Balaban J connectivity index is 1.53. The van der Waals surface area contributed by atoms with Crippen molar-refractivity contribution in [1.29, 1.82) is 0 Å².